The van der Waals surface area contributed by atoms with Crippen LogP contribution in [-0.2, 0) is 4.79 Å². The average molecular weight is 254 g/mol. The topological polar surface area (TPSA) is 46.3 Å². The highest BCUT2D eigenvalue weighted by atomic mass is 32.1. The van der Waals surface area contributed by atoms with E-state index in [1.165, 1.54) is 6.42 Å². The van der Waals surface area contributed by atoms with Crippen LogP contribution in [-0.4, -0.2) is 28.9 Å². The van der Waals surface area contributed by atoms with Crippen molar-refractivity contribution in [1.82, 2.24) is 4.90 Å². The molecule has 1 atom stereocenters. The fourth-order valence-electron chi connectivity index (χ4n) is 3.22. The summed E-state index contributed by atoms with van der Waals surface area (Å²) in [5, 5.41) is 0. The van der Waals surface area contributed by atoms with Crippen molar-refractivity contribution in [2.45, 2.75) is 45.4 Å². The fraction of sp³-hybridized carbons (Fsp3) is 0.846. The van der Waals surface area contributed by atoms with Gasteiger partial charge in [0.1, 0.15) is 0 Å². The molecule has 0 spiro atoms. The molecule has 0 aromatic carbocycles. The minimum absolute atomic E-state index is 0.203. The van der Waals surface area contributed by atoms with Gasteiger partial charge in [-0.3, -0.25) is 4.79 Å². The lowest BCUT2D eigenvalue weighted by molar-refractivity contribution is -0.139. The molecule has 96 valence electrons. The highest BCUT2D eigenvalue weighted by Gasteiger charge is 2.46. The van der Waals surface area contributed by atoms with Crippen molar-refractivity contribution >= 4 is 23.1 Å². The van der Waals surface area contributed by atoms with Gasteiger partial charge in [0.15, 0.2) is 0 Å². The molecule has 4 heteroatoms. The van der Waals surface area contributed by atoms with E-state index >= 15 is 0 Å². The predicted octanol–water partition coefficient (Wildman–Crippen LogP) is 2.09. The first kappa shape index (κ1) is 12.8. The van der Waals surface area contributed by atoms with E-state index in [1.54, 1.807) is 0 Å². The molecule has 1 unspecified atom stereocenters. The minimum Gasteiger partial charge on any atom is -0.392 e. The van der Waals surface area contributed by atoms with E-state index in [9.17, 15) is 4.79 Å². The van der Waals surface area contributed by atoms with Crippen LogP contribution in [0.4, 0.5) is 0 Å². The Hall–Kier alpha value is -0.640. The van der Waals surface area contributed by atoms with Crippen molar-refractivity contribution in [3.8, 4) is 0 Å². The van der Waals surface area contributed by atoms with Gasteiger partial charge in [-0.25, -0.2) is 0 Å². The Bertz CT molecular complexity index is 323. The van der Waals surface area contributed by atoms with E-state index in [1.807, 2.05) is 4.90 Å². The number of nitrogens with zero attached hydrogens (tertiary/aromatic N) is 1. The summed E-state index contributed by atoms with van der Waals surface area (Å²) in [6.45, 7) is 3.97. The van der Waals surface area contributed by atoms with Crippen molar-refractivity contribution < 1.29 is 4.79 Å². The van der Waals surface area contributed by atoms with Gasteiger partial charge in [-0.2, -0.15) is 0 Å². The van der Waals surface area contributed by atoms with E-state index in [0.29, 0.717) is 10.9 Å². The molecule has 3 nitrogen and oxygen atoms in total. The van der Waals surface area contributed by atoms with E-state index in [2.05, 4.69) is 6.92 Å². The van der Waals surface area contributed by atoms with E-state index in [0.717, 1.165) is 45.2 Å². The van der Waals surface area contributed by atoms with E-state index in [-0.39, 0.29) is 5.91 Å². The van der Waals surface area contributed by atoms with Crippen LogP contribution in [0.3, 0.4) is 0 Å². The normalized spacial score (nSPS) is 28.1. The number of likely N-dealkylation sites (tertiary alicyclic amines) is 1. The predicted molar refractivity (Wildman–Crippen MR) is 72.7 cm³/mol. The first-order valence-electron chi connectivity index (χ1n) is 6.65. The molecule has 2 fully saturated rings. The molecule has 1 amide bonds. The molecule has 1 saturated carbocycles. The number of nitrogens with two attached hydrogens (primary N) is 1. The highest BCUT2D eigenvalue weighted by molar-refractivity contribution is 7.80. The van der Waals surface area contributed by atoms with Crippen LogP contribution in [0.1, 0.15) is 45.4 Å². The molecule has 0 aromatic rings. The minimum atomic E-state index is -0.508. The third kappa shape index (κ3) is 2.32. The van der Waals surface area contributed by atoms with Gasteiger partial charge < -0.3 is 10.6 Å². The maximum atomic E-state index is 12.7. The Labute approximate surface area is 109 Å². The SMILES string of the molecule is CC1CCCN(C(=O)C2(C(N)=S)CCCC2)C1. The van der Waals surface area contributed by atoms with Crippen LogP contribution in [0.5, 0.6) is 0 Å². The fourth-order valence-corrected chi connectivity index (χ4v) is 3.51. The Kier molecular flexibility index (Phi) is 3.71. The summed E-state index contributed by atoms with van der Waals surface area (Å²) < 4.78 is 0. The number of amides is 1. The second-order valence-corrected chi connectivity index (χ2v) is 6.09. The van der Waals surface area contributed by atoms with Gasteiger partial charge in [-0.15, -0.1) is 0 Å². The first-order chi connectivity index (χ1) is 8.06. The zero-order valence-electron chi connectivity index (χ0n) is 10.6. The quantitative estimate of drug-likeness (QED) is 0.768. The van der Waals surface area contributed by atoms with Crippen LogP contribution in [0.15, 0.2) is 0 Å². The summed E-state index contributed by atoms with van der Waals surface area (Å²) in [4.78, 5) is 15.1. The third-order valence-corrected chi connectivity index (χ3v) is 4.67. The summed E-state index contributed by atoms with van der Waals surface area (Å²) >= 11 is 5.17. The molecule has 1 heterocycles. The van der Waals surface area contributed by atoms with Crippen molar-refractivity contribution in [3.63, 3.8) is 0 Å². The van der Waals surface area contributed by atoms with E-state index < -0.39 is 5.41 Å². The highest BCUT2D eigenvalue weighted by Crippen LogP contribution is 2.40. The number of hydrogen-bond acceptors (Lipinski definition) is 2. The van der Waals surface area contributed by atoms with Gasteiger partial charge in [0, 0.05) is 13.1 Å². The third-order valence-electron chi connectivity index (χ3n) is 4.28. The number of piperidine rings is 1. The second kappa shape index (κ2) is 4.92. The molecule has 1 aliphatic heterocycles. The van der Waals surface area contributed by atoms with Crippen molar-refractivity contribution in [2.75, 3.05) is 13.1 Å². The lowest BCUT2D eigenvalue weighted by atomic mass is 9.83. The van der Waals surface area contributed by atoms with Crippen molar-refractivity contribution in [1.29, 1.82) is 0 Å². The van der Waals surface area contributed by atoms with Crippen LogP contribution in [0.25, 0.3) is 0 Å². The summed E-state index contributed by atoms with van der Waals surface area (Å²) in [5.74, 6) is 0.812. The first-order valence-corrected chi connectivity index (χ1v) is 7.06. The van der Waals surface area contributed by atoms with Gasteiger partial charge in [0.05, 0.1) is 10.4 Å². The van der Waals surface area contributed by atoms with Crippen LogP contribution >= 0.6 is 12.2 Å². The lowest BCUT2D eigenvalue weighted by Crippen LogP contribution is -2.51. The van der Waals surface area contributed by atoms with Crippen LogP contribution < -0.4 is 5.73 Å². The number of carbonyl (C=O) groups excluding carboxylic acids is 1. The summed E-state index contributed by atoms with van der Waals surface area (Å²) in [6, 6.07) is 0. The molecule has 2 rings (SSSR count). The van der Waals surface area contributed by atoms with Gasteiger partial charge in [0.25, 0.3) is 0 Å². The molecular weight excluding hydrogens is 232 g/mol. The maximum Gasteiger partial charge on any atom is 0.235 e. The van der Waals surface area contributed by atoms with Gasteiger partial charge in [0.2, 0.25) is 5.91 Å². The van der Waals surface area contributed by atoms with Gasteiger partial charge in [-0.1, -0.05) is 32.0 Å². The Morgan fingerprint density at radius 2 is 2.00 bits per heavy atom. The largest absolute Gasteiger partial charge is 0.392 e. The molecule has 0 bridgehead atoms. The summed E-state index contributed by atoms with van der Waals surface area (Å²) in [6.07, 6.45) is 6.20. The number of hydrogen-bond donors (Lipinski definition) is 1. The molecular formula is C13H22N2OS. The Balaban J connectivity index is 2.14. The number of rotatable bonds is 2. The molecule has 2 N–H and O–H groups in total. The number of carbonyl (C=O) groups is 1. The van der Waals surface area contributed by atoms with Gasteiger partial charge in [-0.05, 0) is 31.6 Å². The van der Waals surface area contributed by atoms with Gasteiger partial charge >= 0.3 is 0 Å². The summed E-state index contributed by atoms with van der Waals surface area (Å²) in [5.41, 5.74) is 5.35. The van der Waals surface area contributed by atoms with Crippen LogP contribution in [0.2, 0.25) is 0 Å². The standard InChI is InChI=1S/C13H22N2OS/c1-10-5-4-8-15(9-10)12(16)13(11(14)17)6-2-3-7-13/h10H,2-9H2,1H3,(H2,14,17). The molecule has 2 aliphatic rings. The molecule has 0 radical (unpaired) electrons. The zero-order valence-corrected chi connectivity index (χ0v) is 11.4. The second-order valence-electron chi connectivity index (χ2n) is 5.65. The number of thiocarbonyl (C=S) groups is 1. The smallest absolute Gasteiger partial charge is 0.235 e. The zero-order chi connectivity index (χ0) is 12.5. The Morgan fingerprint density at radius 1 is 1.35 bits per heavy atom. The Morgan fingerprint density at radius 3 is 2.53 bits per heavy atom. The maximum absolute atomic E-state index is 12.7. The van der Waals surface area contributed by atoms with Crippen molar-refractivity contribution in [2.24, 2.45) is 17.1 Å². The monoisotopic (exact) mass is 254 g/mol. The van der Waals surface area contributed by atoms with E-state index in [4.69, 9.17) is 18.0 Å². The van der Waals surface area contributed by atoms with Crippen molar-refractivity contribution in [3.05, 3.63) is 0 Å². The molecule has 1 saturated heterocycles. The average Bonchev–Trinajstić information content (AvgIpc) is 2.78. The van der Waals surface area contributed by atoms with Crippen LogP contribution in [0, 0.1) is 11.3 Å². The summed E-state index contributed by atoms with van der Waals surface area (Å²) in [7, 11) is 0. The molecule has 1 aliphatic carbocycles. The molecule has 17 heavy (non-hydrogen) atoms. The molecule has 0 aromatic heterocycles. The lowest BCUT2D eigenvalue weighted by Gasteiger charge is -2.37.